The van der Waals surface area contributed by atoms with E-state index in [-0.39, 0.29) is 68.3 Å². The maximum atomic E-state index is 12.7. The molecule has 77 heavy (non-hydrogen) atoms. The van der Waals surface area contributed by atoms with Crippen molar-refractivity contribution < 1.29 is 73.3 Å². The van der Waals surface area contributed by atoms with Crippen molar-refractivity contribution in [2.45, 2.75) is 89.9 Å². The topological polar surface area (TPSA) is 167 Å². The van der Waals surface area contributed by atoms with Crippen LogP contribution in [0.3, 0.4) is 0 Å². The molecular formula is C58H68AcCl2N10O6. The summed E-state index contributed by atoms with van der Waals surface area (Å²) >= 11 is 13.1. The SMILES string of the molecule is Cn1cncc1C(C)(O)C1=Cc2cccnc2C(N2CCN(C(=O)OC(C)(C)C)CC2)c2ccc(Cl)cc21.Cn1cncc1C(C)(O)C1=Cc2cccnc2C(N2CCN(C(=O)OC(C)(C)C)CC2)c2ccc(Cl)cc21.[Ac]. The van der Waals surface area contributed by atoms with Gasteiger partial charge >= 0.3 is 12.2 Å². The zero-order valence-corrected chi connectivity index (χ0v) is 51.8. The second-order valence-electron chi connectivity index (χ2n) is 22.3. The largest absolute Gasteiger partial charge is 0.444 e. The molecule has 16 nitrogen and oxygen atoms in total. The third kappa shape index (κ3) is 12.4. The van der Waals surface area contributed by atoms with Crippen LogP contribution < -0.4 is 0 Å². The van der Waals surface area contributed by atoms with Gasteiger partial charge in [-0.25, -0.2) is 19.6 Å². The molecule has 0 saturated carbocycles. The number of carbonyl (C=O) groups excluding carboxylic acids is 2. The molecule has 1 radical (unpaired) electrons. The molecule has 10 rings (SSSR count). The summed E-state index contributed by atoms with van der Waals surface area (Å²) in [5.74, 6) is 0. The first kappa shape index (κ1) is 58.2. The molecule has 6 heterocycles. The number of nitrogens with zero attached hydrogens (tertiary/aromatic N) is 10. The molecule has 2 saturated heterocycles. The molecule has 6 aromatic rings. The van der Waals surface area contributed by atoms with Crippen LogP contribution in [0.5, 0.6) is 0 Å². The van der Waals surface area contributed by atoms with E-state index in [0.717, 1.165) is 55.9 Å². The van der Waals surface area contributed by atoms with Gasteiger partial charge in [0, 0.05) is 133 Å². The Bertz CT molecular complexity index is 2980. The number of aliphatic hydroxyl groups is 2. The number of piperazine rings is 2. The maximum absolute atomic E-state index is 12.7. The monoisotopic (exact) mass is 1300 g/mol. The Morgan fingerprint density at radius 1 is 0.571 bits per heavy atom. The molecule has 2 aliphatic carbocycles. The number of ether oxygens (including phenoxy) is 2. The first-order valence-electron chi connectivity index (χ1n) is 25.7. The quantitative estimate of drug-likeness (QED) is 0.162. The molecular weight excluding hydrogens is 1230 g/mol. The van der Waals surface area contributed by atoms with E-state index in [9.17, 15) is 19.8 Å². The van der Waals surface area contributed by atoms with Crippen LogP contribution in [-0.2, 0) is 34.8 Å². The van der Waals surface area contributed by atoms with Gasteiger partial charge in [0.1, 0.15) is 22.4 Å². The molecule has 4 atom stereocenters. The van der Waals surface area contributed by atoms with Gasteiger partial charge in [0.25, 0.3) is 0 Å². The first-order chi connectivity index (χ1) is 35.9. The Hall–Kier alpha value is -4.96. The van der Waals surface area contributed by atoms with Crippen LogP contribution in [0.1, 0.15) is 124 Å². The van der Waals surface area contributed by atoms with Gasteiger partial charge in [-0.15, -0.1) is 0 Å². The third-order valence-electron chi connectivity index (χ3n) is 14.4. The number of rotatable bonds is 6. The predicted molar refractivity (Wildman–Crippen MR) is 295 cm³/mol. The normalized spacial score (nSPS) is 19.4. The van der Waals surface area contributed by atoms with Crippen LogP contribution in [0.15, 0.2) is 98.1 Å². The minimum absolute atomic E-state index is 0. The summed E-state index contributed by atoms with van der Waals surface area (Å²) in [5, 5.41) is 25.2. The number of pyridine rings is 2. The average molecular weight is 1300 g/mol. The number of hydrogen-bond acceptors (Lipinski definition) is 12. The summed E-state index contributed by atoms with van der Waals surface area (Å²) < 4.78 is 14.9. The van der Waals surface area contributed by atoms with Crippen molar-refractivity contribution in [3.63, 3.8) is 0 Å². The number of fused-ring (bicyclic) bond motifs is 4. The molecule has 4 unspecified atom stereocenters. The van der Waals surface area contributed by atoms with Gasteiger partial charge in [0.05, 0.1) is 59.9 Å². The van der Waals surface area contributed by atoms with Crippen LogP contribution in [0.25, 0.3) is 23.3 Å². The van der Waals surface area contributed by atoms with Crippen LogP contribution in [0.4, 0.5) is 9.59 Å². The summed E-state index contributed by atoms with van der Waals surface area (Å²) in [6.45, 7) is 19.6. The van der Waals surface area contributed by atoms with E-state index in [2.05, 4.69) is 19.8 Å². The fourth-order valence-electron chi connectivity index (χ4n) is 10.8. The molecule has 19 heteroatoms. The van der Waals surface area contributed by atoms with Crippen molar-refractivity contribution in [1.29, 1.82) is 0 Å². The van der Waals surface area contributed by atoms with E-state index in [1.807, 2.05) is 138 Å². The molecule has 2 aliphatic heterocycles. The van der Waals surface area contributed by atoms with Gasteiger partial charge in [-0.1, -0.05) is 47.5 Å². The summed E-state index contributed by atoms with van der Waals surface area (Å²) in [4.78, 5) is 51.7. The Balaban J connectivity index is 0.000000201. The van der Waals surface area contributed by atoms with E-state index >= 15 is 0 Å². The standard InChI is InChI=1S/2C29H34ClN5O3.Ac/c2*1-28(2,3)38-27(36)35-13-11-34(12-14-35)26-21-9-8-20(30)16-22(21)23(15-19-7-6-10-32-25(19)26)29(4,37)24-17-31-18-33(24)5;/h2*6-10,15-18,26,37H,11-14H2,1-5H3;. The van der Waals surface area contributed by atoms with Crippen molar-refractivity contribution in [2.75, 3.05) is 52.4 Å². The van der Waals surface area contributed by atoms with E-state index in [1.54, 1.807) is 61.1 Å². The van der Waals surface area contributed by atoms with Crippen LogP contribution in [0.2, 0.25) is 10.0 Å². The van der Waals surface area contributed by atoms with Crippen molar-refractivity contribution >= 4 is 58.7 Å². The number of halogens is 2. The van der Waals surface area contributed by atoms with Crippen molar-refractivity contribution in [3.8, 4) is 0 Å². The molecule has 403 valence electrons. The Kier molecular flexibility index (Phi) is 17.4. The van der Waals surface area contributed by atoms with E-state index in [0.29, 0.717) is 73.8 Å². The molecule has 2 amide bonds. The first-order valence-corrected chi connectivity index (χ1v) is 26.4. The third-order valence-corrected chi connectivity index (χ3v) is 14.9. The van der Waals surface area contributed by atoms with Crippen LogP contribution in [-0.4, -0.2) is 135 Å². The van der Waals surface area contributed by atoms with Crippen molar-refractivity contribution in [2.24, 2.45) is 14.1 Å². The van der Waals surface area contributed by atoms with Crippen LogP contribution in [0, 0.1) is 44.1 Å². The van der Waals surface area contributed by atoms with Crippen molar-refractivity contribution in [3.05, 3.63) is 164 Å². The smallest absolute Gasteiger partial charge is 0.410 e. The van der Waals surface area contributed by atoms with Crippen LogP contribution >= 0.6 is 23.2 Å². The van der Waals surface area contributed by atoms with Gasteiger partial charge in [-0.3, -0.25) is 19.8 Å². The molecule has 2 fully saturated rings. The Labute approximate surface area is 497 Å². The van der Waals surface area contributed by atoms with E-state index in [1.165, 1.54) is 0 Å². The Morgan fingerprint density at radius 2 is 0.935 bits per heavy atom. The zero-order chi connectivity index (χ0) is 54.5. The van der Waals surface area contributed by atoms with Gasteiger partial charge < -0.3 is 38.6 Å². The number of carbonyl (C=O) groups is 2. The summed E-state index contributed by atoms with van der Waals surface area (Å²) in [6, 6.07) is 19.2. The minimum atomic E-state index is -1.35. The van der Waals surface area contributed by atoms with Crippen molar-refractivity contribution in [1.82, 2.24) is 48.7 Å². The number of aryl methyl sites for hydroxylation is 2. The zero-order valence-electron chi connectivity index (χ0n) is 45.5. The maximum Gasteiger partial charge on any atom is 0.410 e. The second-order valence-corrected chi connectivity index (χ2v) is 23.1. The van der Waals surface area contributed by atoms with Gasteiger partial charge in [0.2, 0.25) is 0 Å². The van der Waals surface area contributed by atoms with Gasteiger partial charge in [0.15, 0.2) is 0 Å². The van der Waals surface area contributed by atoms with Gasteiger partial charge in [-0.2, -0.15) is 0 Å². The predicted octanol–water partition coefficient (Wildman–Crippen LogP) is 9.74. The molecule has 2 N–H and O–H groups in total. The Morgan fingerprint density at radius 3 is 1.26 bits per heavy atom. The van der Waals surface area contributed by atoms with E-state index < -0.39 is 22.4 Å². The number of amides is 2. The molecule has 4 aromatic heterocycles. The minimum Gasteiger partial charge on any atom is -0.444 e. The number of aromatic nitrogens is 6. The number of benzene rings is 2. The summed E-state index contributed by atoms with van der Waals surface area (Å²) in [5.41, 5.74) is 6.42. The van der Waals surface area contributed by atoms with E-state index in [4.69, 9.17) is 42.6 Å². The fraction of sp³-hybridized carbons (Fsp3) is 0.414. The molecule has 0 bridgehead atoms. The van der Waals surface area contributed by atoms with Gasteiger partial charge in [-0.05, 0) is 148 Å². The second kappa shape index (κ2) is 23.0. The molecule has 2 aromatic carbocycles. The molecule has 0 spiro atoms. The number of imidazole rings is 2. The molecule has 4 aliphatic rings. The average Bonchev–Trinajstić information content (AvgIpc) is 4.02. The summed E-state index contributed by atoms with van der Waals surface area (Å²) in [7, 11) is 3.74. The number of hydrogen-bond donors (Lipinski definition) is 2. The fourth-order valence-corrected chi connectivity index (χ4v) is 11.1. The summed E-state index contributed by atoms with van der Waals surface area (Å²) in [6.07, 6.45) is 13.8.